The van der Waals surface area contributed by atoms with Gasteiger partial charge in [0, 0.05) is 18.9 Å². The molecule has 2 rings (SSSR count). The summed E-state index contributed by atoms with van der Waals surface area (Å²) in [5.41, 5.74) is 1.04. The molecule has 0 spiro atoms. The molecule has 0 unspecified atom stereocenters. The second-order valence-electron chi connectivity index (χ2n) is 5.15. The van der Waals surface area contributed by atoms with Crippen molar-refractivity contribution in [2.75, 3.05) is 23.8 Å². The summed E-state index contributed by atoms with van der Waals surface area (Å²) in [5, 5.41) is 1.01. The average Bonchev–Trinajstić information content (AvgIpc) is 2.79. The number of hydrogen-bond donors (Lipinski definition) is 0. The lowest BCUT2D eigenvalue weighted by atomic mass is 9.88. The Bertz CT molecular complexity index is 374. The second kappa shape index (κ2) is 5.38. The molecule has 3 heteroatoms. The Labute approximate surface area is 111 Å². The topological polar surface area (TPSA) is 3.24 Å². The van der Waals surface area contributed by atoms with E-state index in [0.29, 0.717) is 11.1 Å². The Hall–Kier alpha value is -0.570. The number of benzene rings is 1. The predicted molar refractivity (Wildman–Crippen MR) is 74.4 cm³/mol. The number of anilines is 1. The van der Waals surface area contributed by atoms with E-state index in [4.69, 9.17) is 0 Å². The minimum Gasteiger partial charge on any atom is -0.372 e. The third-order valence-electron chi connectivity index (χ3n) is 3.78. The van der Waals surface area contributed by atoms with E-state index in [1.54, 1.807) is 6.07 Å². The van der Waals surface area contributed by atoms with Gasteiger partial charge in [-0.15, -0.1) is 0 Å². The first-order valence-electron chi connectivity index (χ1n) is 6.18. The first-order chi connectivity index (χ1) is 8.17. The highest BCUT2D eigenvalue weighted by atomic mass is 79.9. The minimum absolute atomic E-state index is 0.127. The maximum atomic E-state index is 13.7. The molecule has 94 valence electrons. The number of nitrogens with zero attached hydrogens (tertiary/aromatic N) is 1. The van der Waals surface area contributed by atoms with Crippen LogP contribution in [0.25, 0.3) is 0 Å². The van der Waals surface area contributed by atoms with Gasteiger partial charge in [-0.2, -0.15) is 0 Å². The molecule has 1 aliphatic rings. The maximum Gasteiger partial charge on any atom is 0.146 e. The molecular formula is C14H19BrFN. The molecule has 0 radical (unpaired) electrons. The summed E-state index contributed by atoms with van der Waals surface area (Å²) in [6.45, 7) is 0.930. The van der Waals surface area contributed by atoms with Crippen LogP contribution in [-0.2, 0) is 0 Å². The Morgan fingerprint density at radius 2 is 1.94 bits per heavy atom. The normalized spacial score (nSPS) is 18.3. The zero-order valence-corrected chi connectivity index (χ0v) is 11.8. The molecule has 0 bridgehead atoms. The second-order valence-corrected chi connectivity index (χ2v) is 5.71. The van der Waals surface area contributed by atoms with E-state index in [1.807, 2.05) is 19.2 Å². The summed E-state index contributed by atoms with van der Waals surface area (Å²) in [6, 6.07) is 7.01. The zero-order chi connectivity index (χ0) is 12.3. The molecule has 1 nitrogen and oxygen atoms in total. The van der Waals surface area contributed by atoms with E-state index in [2.05, 4.69) is 20.8 Å². The molecule has 0 heterocycles. The lowest BCUT2D eigenvalue weighted by Crippen LogP contribution is -2.35. The molecule has 1 aliphatic carbocycles. The largest absolute Gasteiger partial charge is 0.372 e. The SMILES string of the molecule is CN(CC1(CBr)CCCC1)c1ccccc1F. The van der Waals surface area contributed by atoms with Crippen LogP contribution in [0.1, 0.15) is 25.7 Å². The van der Waals surface area contributed by atoms with Crippen molar-refractivity contribution in [2.24, 2.45) is 5.41 Å². The number of halogens is 2. The van der Waals surface area contributed by atoms with Crippen LogP contribution in [0, 0.1) is 11.2 Å². The summed E-state index contributed by atoms with van der Waals surface area (Å²) in [5.74, 6) is -0.127. The summed E-state index contributed by atoms with van der Waals surface area (Å²) >= 11 is 3.63. The van der Waals surface area contributed by atoms with Crippen molar-refractivity contribution in [3.05, 3.63) is 30.1 Å². The van der Waals surface area contributed by atoms with Gasteiger partial charge < -0.3 is 4.90 Å². The van der Waals surface area contributed by atoms with Crippen LogP contribution in [0.2, 0.25) is 0 Å². The first kappa shape index (κ1) is 12.9. The zero-order valence-electron chi connectivity index (χ0n) is 10.3. The van der Waals surface area contributed by atoms with Gasteiger partial charge in [0.25, 0.3) is 0 Å². The standard InChI is InChI=1S/C14H19BrFN/c1-17(13-7-3-2-6-12(13)16)11-14(10-15)8-4-5-9-14/h2-3,6-7H,4-5,8-11H2,1H3. The van der Waals surface area contributed by atoms with Gasteiger partial charge in [-0.1, -0.05) is 40.9 Å². The molecule has 0 aromatic heterocycles. The summed E-state index contributed by atoms with van der Waals surface area (Å²) < 4.78 is 13.7. The molecule has 0 saturated heterocycles. The fraction of sp³-hybridized carbons (Fsp3) is 0.571. The average molecular weight is 300 g/mol. The van der Waals surface area contributed by atoms with Crippen molar-refractivity contribution in [1.82, 2.24) is 0 Å². The molecule has 1 aromatic carbocycles. The summed E-state index contributed by atoms with van der Waals surface area (Å²) in [4.78, 5) is 2.06. The van der Waals surface area contributed by atoms with Gasteiger partial charge in [0.2, 0.25) is 0 Å². The van der Waals surface area contributed by atoms with E-state index >= 15 is 0 Å². The van der Waals surface area contributed by atoms with Gasteiger partial charge >= 0.3 is 0 Å². The maximum absolute atomic E-state index is 13.7. The van der Waals surface area contributed by atoms with E-state index in [-0.39, 0.29) is 5.82 Å². The van der Waals surface area contributed by atoms with Gasteiger partial charge in [0.1, 0.15) is 5.82 Å². The quantitative estimate of drug-likeness (QED) is 0.753. The number of para-hydroxylation sites is 1. The molecule has 1 fully saturated rings. The van der Waals surface area contributed by atoms with Crippen molar-refractivity contribution in [3.8, 4) is 0 Å². The van der Waals surface area contributed by atoms with Crippen LogP contribution in [-0.4, -0.2) is 18.9 Å². The molecule has 0 amide bonds. The van der Waals surface area contributed by atoms with Crippen LogP contribution in [0.5, 0.6) is 0 Å². The smallest absolute Gasteiger partial charge is 0.146 e. The van der Waals surface area contributed by atoms with Gasteiger partial charge in [-0.3, -0.25) is 0 Å². The Morgan fingerprint density at radius 3 is 2.53 bits per heavy atom. The Balaban J connectivity index is 2.11. The van der Waals surface area contributed by atoms with Crippen molar-refractivity contribution < 1.29 is 4.39 Å². The Morgan fingerprint density at radius 1 is 1.29 bits per heavy atom. The molecule has 17 heavy (non-hydrogen) atoms. The predicted octanol–water partition coefficient (Wildman–Crippen LogP) is 4.22. The highest BCUT2D eigenvalue weighted by Crippen LogP contribution is 2.40. The third-order valence-corrected chi connectivity index (χ3v) is 4.97. The lowest BCUT2D eigenvalue weighted by Gasteiger charge is -2.33. The molecule has 1 aromatic rings. The van der Waals surface area contributed by atoms with Crippen molar-refractivity contribution in [1.29, 1.82) is 0 Å². The molecule has 0 N–H and O–H groups in total. The van der Waals surface area contributed by atoms with E-state index in [0.717, 1.165) is 11.9 Å². The first-order valence-corrected chi connectivity index (χ1v) is 7.31. The highest BCUT2D eigenvalue weighted by molar-refractivity contribution is 9.09. The van der Waals surface area contributed by atoms with Crippen LogP contribution >= 0.6 is 15.9 Å². The van der Waals surface area contributed by atoms with Crippen molar-refractivity contribution in [2.45, 2.75) is 25.7 Å². The monoisotopic (exact) mass is 299 g/mol. The van der Waals surface area contributed by atoms with Crippen LogP contribution in [0.4, 0.5) is 10.1 Å². The molecular weight excluding hydrogens is 281 g/mol. The van der Waals surface area contributed by atoms with Crippen LogP contribution < -0.4 is 4.90 Å². The number of rotatable bonds is 4. The van der Waals surface area contributed by atoms with Gasteiger partial charge in [0.05, 0.1) is 5.69 Å². The number of alkyl halides is 1. The number of hydrogen-bond acceptors (Lipinski definition) is 1. The fourth-order valence-electron chi connectivity index (χ4n) is 2.81. The fourth-order valence-corrected chi connectivity index (χ4v) is 3.55. The summed E-state index contributed by atoms with van der Waals surface area (Å²) in [7, 11) is 1.99. The van der Waals surface area contributed by atoms with E-state index < -0.39 is 0 Å². The highest BCUT2D eigenvalue weighted by Gasteiger charge is 2.34. The van der Waals surface area contributed by atoms with Crippen molar-refractivity contribution >= 4 is 21.6 Å². The molecule has 0 atom stereocenters. The minimum atomic E-state index is -0.127. The van der Waals surface area contributed by atoms with Crippen LogP contribution in [0.15, 0.2) is 24.3 Å². The van der Waals surface area contributed by atoms with E-state index in [9.17, 15) is 4.39 Å². The van der Waals surface area contributed by atoms with Gasteiger partial charge in [0.15, 0.2) is 0 Å². The van der Waals surface area contributed by atoms with Gasteiger partial charge in [-0.25, -0.2) is 4.39 Å². The van der Waals surface area contributed by atoms with E-state index in [1.165, 1.54) is 31.7 Å². The third kappa shape index (κ3) is 2.82. The lowest BCUT2D eigenvalue weighted by molar-refractivity contribution is 0.354. The van der Waals surface area contributed by atoms with Crippen LogP contribution in [0.3, 0.4) is 0 Å². The summed E-state index contributed by atoms with van der Waals surface area (Å²) in [6.07, 6.45) is 5.10. The molecule has 0 aliphatic heterocycles. The molecule has 1 saturated carbocycles. The van der Waals surface area contributed by atoms with Crippen molar-refractivity contribution in [3.63, 3.8) is 0 Å². The Kier molecular flexibility index (Phi) is 4.08. The van der Waals surface area contributed by atoms with Gasteiger partial charge in [-0.05, 0) is 30.4 Å².